The maximum absolute atomic E-state index is 12.7. The second-order valence-corrected chi connectivity index (χ2v) is 8.55. The Morgan fingerprint density at radius 3 is 2.44 bits per heavy atom. The molecule has 0 aromatic heterocycles. The number of alkyl halides is 2. The number of carbonyl (C=O) groups is 1. The van der Waals surface area contributed by atoms with Crippen LogP contribution in [0.5, 0.6) is 0 Å². The zero-order valence-corrected chi connectivity index (χ0v) is 16.2. The lowest BCUT2D eigenvalue weighted by Crippen LogP contribution is -2.46. The fourth-order valence-electron chi connectivity index (χ4n) is 3.17. The molecule has 2 rings (SSSR count). The summed E-state index contributed by atoms with van der Waals surface area (Å²) in [5, 5.41) is 0. The third kappa shape index (κ3) is 6.51. The molecule has 1 amide bonds. The van der Waals surface area contributed by atoms with E-state index in [2.05, 4.69) is 0 Å². The van der Waals surface area contributed by atoms with Crippen LogP contribution in [-0.2, 0) is 25.3 Å². The summed E-state index contributed by atoms with van der Waals surface area (Å²) >= 11 is 0. The first-order chi connectivity index (χ1) is 12.8. The Morgan fingerprint density at radius 1 is 1.26 bits per heavy atom. The molecule has 27 heavy (non-hydrogen) atoms. The Kier molecular flexibility index (Phi) is 8.12. The van der Waals surface area contributed by atoms with Crippen molar-refractivity contribution in [2.24, 2.45) is 5.92 Å². The smallest absolute Gasteiger partial charge is 0.255 e. The zero-order valence-electron chi connectivity index (χ0n) is 15.4. The quantitative estimate of drug-likeness (QED) is 0.631. The Labute approximate surface area is 159 Å². The standard InChI is InChI=1S/C18H26F2N2O4S/c1-26-12-11-21(13-17(19)20)18(23)16-7-9-22(10-8-16)27(24,25)14-15-5-3-2-4-6-15/h2-6,16-17H,7-14H2,1H3. The average molecular weight is 404 g/mol. The number of ether oxygens (including phenoxy) is 1. The molecule has 0 saturated carbocycles. The van der Waals surface area contributed by atoms with E-state index in [9.17, 15) is 22.0 Å². The molecular weight excluding hydrogens is 378 g/mol. The van der Waals surface area contributed by atoms with Crippen LogP contribution >= 0.6 is 0 Å². The topological polar surface area (TPSA) is 66.9 Å². The van der Waals surface area contributed by atoms with Gasteiger partial charge in [0.05, 0.1) is 18.9 Å². The monoisotopic (exact) mass is 404 g/mol. The Hall–Kier alpha value is -1.58. The van der Waals surface area contributed by atoms with Crippen LogP contribution < -0.4 is 0 Å². The fourth-order valence-corrected chi connectivity index (χ4v) is 4.74. The summed E-state index contributed by atoms with van der Waals surface area (Å²) in [6, 6.07) is 8.90. The largest absolute Gasteiger partial charge is 0.383 e. The van der Waals surface area contributed by atoms with E-state index in [-0.39, 0.29) is 37.9 Å². The van der Waals surface area contributed by atoms with Crippen LogP contribution in [0.3, 0.4) is 0 Å². The summed E-state index contributed by atoms with van der Waals surface area (Å²) in [5.41, 5.74) is 0.707. The molecule has 1 aliphatic rings. The minimum Gasteiger partial charge on any atom is -0.383 e. The van der Waals surface area contributed by atoms with Gasteiger partial charge in [-0.2, -0.15) is 0 Å². The van der Waals surface area contributed by atoms with E-state index >= 15 is 0 Å². The van der Waals surface area contributed by atoms with Crippen molar-refractivity contribution < 1.29 is 26.7 Å². The minimum absolute atomic E-state index is 0.0855. The summed E-state index contributed by atoms with van der Waals surface area (Å²) in [6.07, 6.45) is -1.95. The van der Waals surface area contributed by atoms with Gasteiger partial charge >= 0.3 is 0 Å². The molecule has 0 unspecified atom stereocenters. The molecule has 0 atom stereocenters. The van der Waals surface area contributed by atoms with Crippen molar-refractivity contribution in [1.29, 1.82) is 0 Å². The van der Waals surface area contributed by atoms with Crippen molar-refractivity contribution in [3.05, 3.63) is 35.9 Å². The van der Waals surface area contributed by atoms with Crippen LogP contribution in [0.1, 0.15) is 18.4 Å². The van der Waals surface area contributed by atoms with Crippen molar-refractivity contribution in [2.75, 3.05) is 39.9 Å². The molecule has 0 N–H and O–H groups in total. The summed E-state index contributed by atoms with van der Waals surface area (Å²) in [4.78, 5) is 13.7. The highest BCUT2D eigenvalue weighted by Gasteiger charge is 2.33. The van der Waals surface area contributed by atoms with E-state index in [1.807, 2.05) is 6.07 Å². The highest BCUT2D eigenvalue weighted by atomic mass is 32.2. The highest BCUT2D eigenvalue weighted by Crippen LogP contribution is 2.23. The molecule has 0 bridgehead atoms. The summed E-state index contributed by atoms with van der Waals surface area (Å²) in [5.74, 6) is -0.881. The molecule has 1 heterocycles. The van der Waals surface area contributed by atoms with Gasteiger partial charge in [-0.1, -0.05) is 30.3 Å². The number of hydrogen-bond donors (Lipinski definition) is 0. The van der Waals surface area contributed by atoms with Crippen molar-refractivity contribution in [3.63, 3.8) is 0 Å². The predicted molar refractivity (Wildman–Crippen MR) is 97.8 cm³/mol. The van der Waals surface area contributed by atoms with Crippen molar-refractivity contribution in [1.82, 2.24) is 9.21 Å². The third-order valence-electron chi connectivity index (χ3n) is 4.62. The molecule has 0 aliphatic carbocycles. The van der Waals surface area contributed by atoms with Crippen LogP contribution in [0.2, 0.25) is 0 Å². The lowest BCUT2D eigenvalue weighted by molar-refractivity contribution is -0.139. The highest BCUT2D eigenvalue weighted by molar-refractivity contribution is 7.88. The first-order valence-electron chi connectivity index (χ1n) is 8.91. The first-order valence-corrected chi connectivity index (χ1v) is 10.5. The lowest BCUT2D eigenvalue weighted by Gasteiger charge is -2.33. The van der Waals surface area contributed by atoms with Gasteiger partial charge in [-0.3, -0.25) is 4.79 Å². The summed E-state index contributed by atoms with van der Waals surface area (Å²) < 4.78 is 56.9. The van der Waals surface area contributed by atoms with Gasteiger partial charge < -0.3 is 9.64 Å². The number of piperidine rings is 1. The lowest BCUT2D eigenvalue weighted by atomic mass is 9.96. The van der Waals surface area contributed by atoms with Crippen LogP contribution in [0.4, 0.5) is 8.78 Å². The van der Waals surface area contributed by atoms with Crippen LogP contribution in [0.15, 0.2) is 30.3 Å². The van der Waals surface area contributed by atoms with E-state index in [1.54, 1.807) is 24.3 Å². The van der Waals surface area contributed by atoms with E-state index < -0.39 is 28.9 Å². The van der Waals surface area contributed by atoms with Crippen molar-refractivity contribution in [2.45, 2.75) is 25.0 Å². The average Bonchev–Trinajstić information content (AvgIpc) is 2.65. The number of rotatable bonds is 9. The number of nitrogens with zero attached hydrogens (tertiary/aromatic N) is 2. The van der Waals surface area contributed by atoms with E-state index in [0.717, 1.165) is 4.90 Å². The van der Waals surface area contributed by atoms with E-state index in [4.69, 9.17) is 4.74 Å². The number of halogens is 2. The number of methoxy groups -OCH3 is 1. The molecule has 9 heteroatoms. The maximum Gasteiger partial charge on any atom is 0.255 e. The molecule has 1 fully saturated rings. The van der Waals surface area contributed by atoms with Crippen molar-refractivity contribution in [3.8, 4) is 0 Å². The number of hydrogen-bond acceptors (Lipinski definition) is 4. The number of benzene rings is 1. The Bertz CT molecular complexity index is 693. The normalized spacial score (nSPS) is 16.6. The van der Waals surface area contributed by atoms with Gasteiger partial charge in [0.2, 0.25) is 15.9 Å². The van der Waals surface area contributed by atoms with Crippen molar-refractivity contribution >= 4 is 15.9 Å². The number of amides is 1. The molecule has 152 valence electrons. The fraction of sp³-hybridized carbons (Fsp3) is 0.611. The first kappa shape index (κ1) is 21.7. The maximum atomic E-state index is 12.7. The minimum atomic E-state index is -3.47. The van der Waals surface area contributed by atoms with Crippen LogP contribution in [-0.4, -0.2) is 69.9 Å². The summed E-state index contributed by atoms with van der Waals surface area (Å²) in [6.45, 7) is 0.0976. The van der Waals surface area contributed by atoms with Gasteiger partial charge in [0, 0.05) is 32.7 Å². The van der Waals surface area contributed by atoms with Gasteiger partial charge in [-0.25, -0.2) is 21.5 Å². The van der Waals surface area contributed by atoms with E-state index in [1.165, 1.54) is 11.4 Å². The molecule has 1 aromatic carbocycles. The number of carbonyl (C=O) groups excluding carboxylic acids is 1. The van der Waals surface area contributed by atoms with Crippen LogP contribution in [0, 0.1) is 5.92 Å². The SMILES string of the molecule is COCCN(CC(F)F)C(=O)C1CCN(S(=O)(=O)Cc2ccccc2)CC1. The summed E-state index contributed by atoms with van der Waals surface area (Å²) in [7, 11) is -2.02. The zero-order chi connectivity index (χ0) is 19.9. The molecule has 1 aliphatic heterocycles. The molecule has 1 aromatic rings. The third-order valence-corrected chi connectivity index (χ3v) is 6.47. The Morgan fingerprint density at radius 2 is 1.89 bits per heavy atom. The second kappa shape index (κ2) is 10.1. The van der Waals surface area contributed by atoms with Gasteiger partial charge in [0.15, 0.2) is 0 Å². The molecule has 6 nitrogen and oxygen atoms in total. The van der Waals surface area contributed by atoms with Gasteiger partial charge in [-0.05, 0) is 18.4 Å². The van der Waals surface area contributed by atoms with Crippen LogP contribution in [0.25, 0.3) is 0 Å². The second-order valence-electron chi connectivity index (χ2n) is 6.58. The molecule has 1 saturated heterocycles. The number of sulfonamides is 1. The molecule has 0 radical (unpaired) electrons. The molecular formula is C18H26F2N2O4S. The van der Waals surface area contributed by atoms with Gasteiger partial charge in [0.1, 0.15) is 0 Å². The Balaban J connectivity index is 1.93. The van der Waals surface area contributed by atoms with Gasteiger partial charge in [0.25, 0.3) is 6.43 Å². The van der Waals surface area contributed by atoms with E-state index in [0.29, 0.717) is 18.4 Å². The predicted octanol–water partition coefficient (Wildman–Crippen LogP) is 1.97. The molecule has 0 spiro atoms. The van der Waals surface area contributed by atoms with Gasteiger partial charge in [-0.15, -0.1) is 0 Å².